The van der Waals surface area contributed by atoms with Gasteiger partial charge in [-0.05, 0) is 32.6 Å². The summed E-state index contributed by atoms with van der Waals surface area (Å²) in [5.41, 5.74) is 1.80. The number of hydrogen-bond donors (Lipinski definition) is 1. The van der Waals surface area contributed by atoms with Gasteiger partial charge >= 0.3 is 6.18 Å². The van der Waals surface area contributed by atoms with Crippen molar-refractivity contribution in [3.05, 3.63) is 17.1 Å². The highest BCUT2D eigenvalue weighted by Gasteiger charge is 2.30. The summed E-state index contributed by atoms with van der Waals surface area (Å²) in [6, 6.07) is 0. The molecule has 0 unspecified atom stereocenters. The number of nitrogens with one attached hydrogen (secondary N) is 1. The Bertz CT molecular complexity index is 443. The average Bonchev–Trinajstić information content (AvgIpc) is 2.52. The number of alkyl halides is 3. The van der Waals surface area contributed by atoms with Crippen molar-refractivity contribution in [2.75, 3.05) is 11.9 Å². The number of rotatable bonds is 3. The maximum Gasteiger partial charge on any atom is 0.396 e. The first-order chi connectivity index (χ1) is 8.99. The topological polar surface area (TPSA) is 37.8 Å². The Morgan fingerprint density at radius 2 is 1.84 bits per heavy atom. The predicted molar refractivity (Wildman–Crippen MR) is 67.2 cm³/mol. The molecule has 1 aliphatic carbocycles. The molecule has 1 N–H and O–H groups in total. The van der Waals surface area contributed by atoms with Gasteiger partial charge in [0.15, 0.2) is 0 Å². The second-order valence-electron chi connectivity index (χ2n) is 4.80. The molecular formula is C13H18F3N3. The molecule has 0 atom stereocenters. The van der Waals surface area contributed by atoms with Crippen molar-refractivity contribution < 1.29 is 13.2 Å². The summed E-state index contributed by atoms with van der Waals surface area (Å²) in [6.07, 6.45) is -0.586. The minimum Gasteiger partial charge on any atom is -0.370 e. The first-order valence-corrected chi connectivity index (χ1v) is 6.69. The van der Waals surface area contributed by atoms with Crippen molar-refractivity contribution in [1.82, 2.24) is 9.97 Å². The maximum atomic E-state index is 12.5. The molecule has 0 amide bonds. The van der Waals surface area contributed by atoms with Crippen molar-refractivity contribution in [1.29, 1.82) is 0 Å². The van der Waals surface area contributed by atoms with Crippen LogP contribution >= 0.6 is 0 Å². The summed E-state index contributed by atoms with van der Waals surface area (Å²) in [6.45, 7) is 2.56. The monoisotopic (exact) mass is 273 g/mol. The largest absolute Gasteiger partial charge is 0.396 e. The number of nitrogens with zero attached hydrogens (tertiary/aromatic N) is 2. The van der Waals surface area contributed by atoms with E-state index in [1.165, 1.54) is 0 Å². The zero-order valence-electron chi connectivity index (χ0n) is 11.0. The van der Waals surface area contributed by atoms with Crippen molar-refractivity contribution in [3.63, 3.8) is 0 Å². The van der Waals surface area contributed by atoms with Crippen LogP contribution in [0.1, 0.15) is 43.3 Å². The third-order valence-corrected chi connectivity index (χ3v) is 3.18. The lowest BCUT2D eigenvalue weighted by Gasteiger charge is -2.14. The predicted octanol–water partition coefficient (Wildman–Crippen LogP) is 3.28. The Balaban J connectivity index is 2.36. The number of fused-ring (bicyclic) bond motifs is 1. The van der Waals surface area contributed by atoms with Crippen molar-refractivity contribution in [3.8, 4) is 0 Å². The van der Waals surface area contributed by atoms with Gasteiger partial charge in [0.2, 0.25) is 0 Å². The van der Waals surface area contributed by atoms with Gasteiger partial charge in [0.05, 0.1) is 0 Å². The van der Waals surface area contributed by atoms with Crippen LogP contribution in [0.25, 0.3) is 0 Å². The van der Waals surface area contributed by atoms with Crippen LogP contribution in [0, 0.1) is 0 Å². The first kappa shape index (κ1) is 14.1. The minimum atomic E-state index is -4.26. The highest BCUT2D eigenvalue weighted by Crippen LogP contribution is 2.27. The molecule has 6 heteroatoms. The van der Waals surface area contributed by atoms with Crippen LogP contribution in [0.2, 0.25) is 0 Å². The molecule has 0 aromatic carbocycles. The summed E-state index contributed by atoms with van der Waals surface area (Å²) in [5, 5.41) is 3.07. The maximum absolute atomic E-state index is 12.5. The third-order valence-electron chi connectivity index (χ3n) is 3.18. The van der Waals surface area contributed by atoms with Gasteiger partial charge in [-0.15, -0.1) is 0 Å². The molecule has 0 bridgehead atoms. The Labute approximate surface area is 110 Å². The van der Waals surface area contributed by atoms with E-state index in [1.54, 1.807) is 0 Å². The smallest absolute Gasteiger partial charge is 0.370 e. The molecule has 106 valence electrons. The van der Waals surface area contributed by atoms with E-state index in [0.29, 0.717) is 12.4 Å². The Kier molecular flexibility index (Phi) is 4.27. The molecule has 1 aromatic rings. The van der Waals surface area contributed by atoms with Crippen molar-refractivity contribution in [2.45, 2.75) is 51.6 Å². The first-order valence-electron chi connectivity index (χ1n) is 6.69. The second-order valence-corrected chi connectivity index (χ2v) is 4.80. The molecule has 0 saturated heterocycles. The lowest BCUT2D eigenvalue weighted by atomic mass is 10.1. The van der Waals surface area contributed by atoms with E-state index in [0.717, 1.165) is 43.4 Å². The Hall–Kier alpha value is -1.33. The number of anilines is 1. The number of aromatic nitrogens is 2. The Morgan fingerprint density at radius 3 is 2.53 bits per heavy atom. The molecule has 1 aromatic heterocycles. The molecule has 1 aliphatic rings. The summed E-state index contributed by atoms with van der Waals surface area (Å²) in [5.74, 6) is 0.470. The van der Waals surface area contributed by atoms with E-state index < -0.39 is 12.6 Å². The lowest BCUT2D eigenvalue weighted by molar-refractivity contribution is -0.128. The number of hydrogen-bond acceptors (Lipinski definition) is 3. The summed E-state index contributed by atoms with van der Waals surface area (Å²) < 4.78 is 37.4. The standard InChI is InChI=1S/C13H18F3N3/c1-2-17-12-9-6-4-3-5-7-10(9)18-11(19-12)8-13(14,15)16/h2-8H2,1H3,(H,17,18,19). The van der Waals surface area contributed by atoms with Crippen LogP contribution in [0.4, 0.5) is 19.0 Å². The highest BCUT2D eigenvalue weighted by molar-refractivity contribution is 5.47. The van der Waals surface area contributed by atoms with Crippen LogP contribution in [-0.4, -0.2) is 22.7 Å². The highest BCUT2D eigenvalue weighted by atomic mass is 19.4. The van der Waals surface area contributed by atoms with E-state index in [9.17, 15) is 13.2 Å². The van der Waals surface area contributed by atoms with Crippen molar-refractivity contribution in [2.24, 2.45) is 0 Å². The van der Waals surface area contributed by atoms with Crippen molar-refractivity contribution >= 4 is 5.82 Å². The minimum absolute atomic E-state index is 0.121. The van der Waals surface area contributed by atoms with Crippen LogP contribution in [0.3, 0.4) is 0 Å². The van der Waals surface area contributed by atoms with E-state index in [2.05, 4.69) is 15.3 Å². The van der Waals surface area contributed by atoms with Gasteiger partial charge in [-0.3, -0.25) is 0 Å². The number of aryl methyl sites for hydroxylation is 1. The van der Waals surface area contributed by atoms with Crippen LogP contribution in [-0.2, 0) is 19.3 Å². The molecule has 0 aliphatic heterocycles. The summed E-state index contributed by atoms with van der Waals surface area (Å²) in [7, 11) is 0. The fourth-order valence-corrected chi connectivity index (χ4v) is 2.39. The van der Waals surface area contributed by atoms with E-state index in [1.807, 2.05) is 6.92 Å². The molecule has 0 radical (unpaired) electrons. The zero-order chi connectivity index (χ0) is 13.9. The SMILES string of the molecule is CCNc1nc(CC(F)(F)F)nc2c1CCCCC2. The summed E-state index contributed by atoms with van der Waals surface area (Å²) in [4.78, 5) is 8.19. The lowest BCUT2D eigenvalue weighted by Crippen LogP contribution is -2.17. The van der Waals surface area contributed by atoms with Gasteiger partial charge in [0.25, 0.3) is 0 Å². The average molecular weight is 273 g/mol. The van der Waals surface area contributed by atoms with E-state index >= 15 is 0 Å². The van der Waals surface area contributed by atoms with Crippen LogP contribution in [0.5, 0.6) is 0 Å². The van der Waals surface area contributed by atoms with Crippen LogP contribution in [0.15, 0.2) is 0 Å². The molecule has 0 fully saturated rings. The van der Waals surface area contributed by atoms with Gasteiger partial charge in [0, 0.05) is 17.8 Å². The molecule has 19 heavy (non-hydrogen) atoms. The molecule has 2 rings (SSSR count). The second kappa shape index (κ2) is 5.75. The van der Waals surface area contributed by atoms with Gasteiger partial charge in [0.1, 0.15) is 18.1 Å². The van der Waals surface area contributed by atoms with Crippen LogP contribution < -0.4 is 5.32 Å². The third kappa shape index (κ3) is 3.81. The molecule has 3 nitrogen and oxygen atoms in total. The molecule has 0 saturated carbocycles. The van der Waals surface area contributed by atoms with Gasteiger partial charge in [-0.2, -0.15) is 13.2 Å². The number of halogens is 3. The summed E-state index contributed by atoms with van der Waals surface area (Å²) >= 11 is 0. The molecule has 0 spiro atoms. The molecule has 1 heterocycles. The van der Waals surface area contributed by atoms with Gasteiger partial charge in [-0.1, -0.05) is 6.42 Å². The van der Waals surface area contributed by atoms with Gasteiger partial charge in [-0.25, -0.2) is 9.97 Å². The van der Waals surface area contributed by atoms with E-state index in [4.69, 9.17) is 0 Å². The normalized spacial score (nSPS) is 15.8. The Morgan fingerprint density at radius 1 is 1.11 bits per heavy atom. The molecular weight excluding hydrogens is 255 g/mol. The quantitative estimate of drug-likeness (QED) is 0.859. The fourth-order valence-electron chi connectivity index (χ4n) is 2.39. The van der Waals surface area contributed by atoms with E-state index in [-0.39, 0.29) is 5.82 Å². The fraction of sp³-hybridized carbons (Fsp3) is 0.692. The van der Waals surface area contributed by atoms with Gasteiger partial charge < -0.3 is 5.32 Å². The zero-order valence-corrected chi connectivity index (χ0v) is 11.0.